The average Bonchev–Trinajstić information content (AvgIpc) is 2.23. The lowest BCUT2D eigenvalue weighted by atomic mass is 10.4. The summed E-state index contributed by atoms with van der Waals surface area (Å²) in [5, 5.41) is 8.61. The molecule has 0 saturated heterocycles. The van der Waals surface area contributed by atoms with E-state index in [1.165, 1.54) is 4.57 Å². The predicted octanol–water partition coefficient (Wildman–Crippen LogP) is 0.575. The molecule has 0 spiro atoms. The molecule has 0 N–H and O–H groups in total. The van der Waals surface area contributed by atoms with Crippen LogP contribution in [-0.2, 0) is 13.1 Å². The van der Waals surface area contributed by atoms with E-state index in [1.807, 2.05) is 0 Å². The van der Waals surface area contributed by atoms with E-state index in [0.29, 0.717) is 6.54 Å². The van der Waals surface area contributed by atoms with E-state index in [1.54, 1.807) is 19.9 Å². The largest absolute Gasteiger partial charge is 0.332 e. The quantitative estimate of drug-likeness (QED) is 0.742. The molecular weight excluding hydrogens is 218 g/mol. The summed E-state index contributed by atoms with van der Waals surface area (Å²) in [5.74, 6) is 0. The van der Waals surface area contributed by atoms with Crippen molar-refractivity contribution >= 4 is 11.6 Å². The van der Waals surface area contributed by atoms with Crippen LogP contribution >= 0.6 is 11.6 Å². The highest BCUT2D eigenvalue weighted by atomic mass is 35.5. The van der Waals surface area contributed by atoms with Crippen molar-refractivity contribution in [1.82, 2.24) is 9.13 Å². The van der Waals surface area contributed by atoms with Crippen molar-refractivity contribution in [1.29, 1.82) is 5.26 Å². The highest BCUT2D eigenvalue weighted by Crippen LogP contribution is 2.06. The van der Waals surface area contributed by atoms with Gasteiger partial charge in [-0.25, -0.2) is 4.79 Å². The Morgan fingerprint density at radius 1 is 1.27 bits per heavy atom. The third-order valence-electron chi connectivity index (χ3n) is 2.11. The van der Waals surface area contributed by atoms with Gasteiger partial charge in [0.2, 0.25) is 0 Å². The van der Waals surface area contributed by atoms with Gasteiger partial charge in [0.25, 0.3) is 5.56 Å². The Morgan fingerprint density at radius 3 is 2.20 bits per heavy atom. The summed E-state index contributed by atoms with van der Waals surface area (Å²) in [6.45, 7) is 3.93. The van der Waals surface area contributed by atoms with Gasteiger partial charge in [-0.15, -0.1) is 0 Å². The molecule has 0 fully saturated rings. The van der Waals surface area contributed by atoms with Crippen molar-refractivity contribution in [3.05, 3.63) is 31.6 Å². The summed E-state index contributed by atoms with van der Waals surface area (Å²) < 4.78 is 2.19. The molecule has 5 nitrogen and oxygen atoms in total. The lowest BCUT2D eigenvalue weighted by molar-refractivity contribution is 0.582. The third-order valence-corrected chi connectivity index (χ3v) is 2.45. The number of rotatable bonds is 2. The molecule has 1 aromatic heterocycles. The molecular formula is C9H10ClN3O2. The Morgan fingerprint density at radius 2 is 1.80 bits per heavy atom. The highest BCUT2D eigenvalue weighted by molar-refractivity contribution is 6.31. The van der Waals surface area contributed by atoms with E-state index in [4.69, 9.17) is 16.9 Å². The fourth-order valence-corrected chi connectivity index (χ4v) is 1.59. The zero-order valence-corrected chi connectivity index (χ0v) is 9.21. The lowest BCUT2D eigenvalue weighted by Crippen LogP contribution is -2.41. The molecule has 0 aromatic carbocycles. The van der Waals surface area contributed by atoms with E-state index in [9.17, 15) is 9.59 Å². The SMILES string of the molecule is CCn1c(C#N)c(Cl)c(=O)n(CC)c1=O. The molecule has 0 aliphatic rings. The van der Waals surface area contributed by atoms with Crippen molar-refractivity contribution in [2.45, 2.75) is 26.9 Å². The molecule has 1 rings (SSSR count). The minimum atomic E-state index is -0.606. The Kier molecular flexibility index (Phi) is 3.32. The maximum absolute atomic E-state index is 11.7. The van der Waals surface area contributed by atoms with Gasteiger partial charge in [-0.1, -0.05) is 11.6 Å². The van der Waals surface area contributed by atoms with Crippen LogP contribution in [0.5, 0.6) is 0 Å². The second-order valence-electron chi connectivity index (χ2n) is 2.85. The Balaban J connectivity index is 3.84. The molecule has 0 aliphatic heterocycles. The van der Waals surface area contributed by atoms with Gasteiger partial charge in [-0.3, -0.25) is 13.9 Å². The van der Waals surface area contributed by atoms with Crippen molar-refractivity contribution < 1.29 is 0 Å². The zero-order chi connectivity index (χ0) is 11.6. The first-order valence-electron chi connectivity index (χ1n) is 4.51. The molecule has 0 aliphatic carbocycles. The van der Waals surface area contributed by atoms with E-state index in [-0.39, 0.29) is 17.3 Å². The van der Waals surface area contributed by atoms with Gasteiger partial charge < -0.3 is 0 Å². The Labute approximate surface area is 91.1 Å². The van der Waals surface area contributed by atoms with Gasteiger partial charge in [-0.05, 0) is 13.8 Å². The van der Waals surface area contributed by atoms with Crippen LogP contribution in [0.1, 0.15) is 19.5 Å². The van der Waals surface area contributed by atoms with Gasteiger partial charge in [0.1, 0.15) is 16.8 Å². The molecule has 0 unspecified atom stereocenters. The molecule has 6 heteroatoms. The van der Waals surface area contributed by atoms with Crippen molar-refractivity contribution in [3.8, 4) is 6.07 Å². The first kappa shape index (κ1) is 11.5. The highest BCUT2D eigenvalue weighted by Gasteiger charge is 2.15. The summed E-state index contributed by atoms with van der Waals surface area (Å²) in [4.78, 5) is 23.2. The average molecular weight is 228 g/mol. The third kappa shape index (κ3) is 1.68. The van der Waals surface area contributed by atoms with E-state index >= 15 is 0 Å². The molecule has 0 radical (unpaired) electrons. The van der Waals surface area contributed by atoms with Gasteiger partial charge in [0.05, 0.1) is 0 Å². The molecule has 1 aromatic rings. The van der Waals surface area contributed by atoms with E-state index in [2.05, 4.69) is 0 Å². The molecule has 1 heterocycles. The summed E-state index contributed by atoms with van der Waals surface area (Å²) in [5.41, 5.74) is -1.17. The zero-order valence-electron chi connectivity index (χ0n) is 8.45. The summed E-state index contributed by atoms with van der Waals surface area (Å²) in [6, 6.07) is 1.77. The van der Waals surface area contributed by atoms with Crippen LogP contribution in [-0.4, -0.2) is 9.13 Å². The minimum absolute atomic E-state index is 0.0705. The smallest absolute Gasteiger partial charge is 0.283 e. The fraction of sp³-hybridized carbons (Fsp3) is 0.444. The molecule has 0 saturated carbocycles. The number of hydrogen-bond donors (Lipinski definition) is 0. The van der Waals surface area contributed by atoms with Gasteiger partial charge in [0, 0.05) is 13.1 Å². The lowest BCUT2D eigenvalue weighted by Gasteiger charge is -2.09. The minimum Gasteiger partial charge on any atom is -0.283 e. The van der Waals surface area contributed by atoms with Crippen molar-refractivity contribution in [2.24, 2.45) is 0 Å². The topological polar surface area (TPSA) is 67.8 Å². The number of hydrogen-bond acceptors (Lipinski definition) is 3. The molecule has 0 amide bonds. The van der Waals surface area contributed by atoms with Crippen molar-refractivity contribution in [2.75, 3.05) is 0 Å². The van der Waals surface area contributed by atoms with Crippen LogP contribution in [0.2, 0.25) is 5.02 Å². The van der Waals surface area contributed by atoms with Crippen molar-refractivity contribution in [3.63, 3.8) is 0 Å². The second-order valence-corrected chi connectivity index (χ2v) is 3.23. The Bertz CT molecular complexity index is 536. The fourth-order valence-electron chi connectivity index (χ4n) is 1.35. The van der Waals surface area contributed by atoms with Crippen LogP contribution in [0.4, 0.5) is 0 Å². The molecule has 15 heavy (non-hydrogen) atoms. The van der Waals surface area contributed by atoms with Crippen LogP contribution in [0.25, 0.3) is 0 Å². The summed E-state index contributed by atoms with van der Waals surface area (Å²) in [6.07, 6.45) is 0. The normalized spacial score (nSPS) is 10.0. The number of nitriles is 1. The summed E-state index contributed by atoms with van der Waals surface area (Å²) >= 11 is 5.72. The van der Waals surface area contributed by atoms with E-state index in [0.717, 1.165) is 4.57 Å². The number of nitrogens with zero attached hydrogens (tertiary/aromatic N) is 3. The second kappa shape index (κ2) is 4.32. The standard InChI is InChI=1S/C9H10ClN3O2/c1-3-12-6(5-11)7(10)8(14)13(4-2)9(12)15/h3-4H2,1-2H3. The first-order chi connectivity index (χ1) is 7.08. The number of halogens is 1. The van der Waals surface area contributed by atoms with Gasteiger partial charge >= 0.3 is 5.69 Å². The first-order valence-corrected chi connectivity index (χ1v) is 4.89. The van der Waals surface area contributed by atoms with Crippen LogP contribution in [0.3, 0.4) is 0 Å². The van der Waals surface area contributed by atoms with Crippen LogP contribution in [0.15, 0.2) is 9.59 Å². The van der Waals surface area contributed by atoms with Crippen LogP contribution < -0.4 is 11.2 Å². The van der Waals surface area contributed by atoms with E-state index < -0.39 is 11.2 Å². The Hall–Kier alpha value is -1.54. The summed E-state index contributed by atoms with van der Waals surface area (Å²) in [7, 11) is 0. The molecule has 0 atom stereocenters. The van der Waals surface area contributed by atoms with Gasteiger partial charge in [-0.2, -0.15) is 5.26 Å². The maximum atomic E-state index is 11.7. The molecule has 0 bridgehead atoms. The van der Waals surface area contributed by atoms with Crippen LogP contribution in [0, 0.1) is 11.3 Å². The van der Waals surface area contributed by atoms with Gasteiger partial charge in [0.15, 0.2) is 0 Å². The predicted molar refractivity (Wildman–Crippen MR) is 56.0 cm³/mol. The molecule has 80 valence electrons. The maximum Gasteiger partial charge on any atom is 0.332 e. The number of aromatic nitrogens is 2. The monoisotopic (exact) mass is 227 g/mol.